The topological polar surface area (TPSA) is 21.3 Å². The monoisotopic (exact) mass is 237 g/mol. The van der Waals surface area contributed by atoms with Crippen LogP contribution in [0.2, 0.25) is 0 Å². The first-order valence-electron chi connectivity index (χ1n) is 5.90. The van der Waals surface area contributed by atoms with E-state index in [0.29, 0.717) is 6.61 Å². The summed E-state index contributed by atoms with van der Waals surface area (Å²) in [6.45, 7) is 1.71. The average Bonchev–Trinajstić information content (AvgIpc) is 2.05. The van der Waals surface area contributed by atoms with E-state index in [1.54, 1.807) is 0 Å². The van der Waals surface area contributed by atoms with Gasteiger partial charge in [-0.05, 0) is 26.2 Å². The molecule has 94 valence electrons. The van der Waals surface area contributed by atoms with Gasteiger partial charge in [0.1, 0.15) is 0 Å². The van der Waals surface area contributed by atoms with Crippen molar-refractivity contribution in [3.8, 4) is 0 Å². The summed E-state index contributed by atoms with van der Waals surface area (Å²) in [4.78, 5) is 0. The van der Waals surface area contributed by atoms with E-state index in [2.05, 4.69) is 5.32 Å². The quantitative estimate of drug-likeness (QED) is 0.811. The number of rotatable bonds is 4. The molecule has 0 bridgehead atoms. The zero-order valence-electron chi connectivity index (χ0n) is 9.44. The van der Waals surface area contributed by atoms with Gasteiger partial charge in [0.2, 0.25) is 0 Å². The Labute approximate surface area is 93.5 Å². The third kappa shape index (κ3) is 2.07. The number of hydrogen-bond donors (Lipinski definition) is 1. The SMILES string of the molecule is CCOC1CC(NCC(F)(F)F)C12CCC2. The summed E-state index contributed by atoms with van der Waals surface area (Å²) in [6.07, 6.45) is -0.0725. The molecule has 0 aromatic carbocycles. The van der Waals surface area contributed by atoms with Crippen molar-refractivity contribution < 1.29 is 17.9 Å². The second kappa shape index (κ2) is 4.18. The molecule has 2 aliphatic rings. The maximum absolute atomic E-state index is 12.1. The highest BCUT2D eigenvalue weighted by molar-refractivity contribution is 5.12. The van der Waals surface area contributed by atoms with Gasteiger partial charge in [0.25, 0.3) is 0 Å². The Kier molecular flexibility index (Phi) is 3.18. The predicted octanol–water partition coefficient (Wildman–Crippen LogP) is 2.49. The second-order valence-electron chi connectivity index (χ2n) is 4.82. The maximum Gasteiger partial charge on any atom is 0.401 e. The van der Waals surface area contributed by atoms with Gasteiger partial charge in [0.15, 0.2) is 0 Å². The summed E-state index contributed by atoms with van der Waals surface area (Å²) >= 11 is 0. The summed E-state index contributed by atoms with van der Waals surface area (Å²) in [5.74, 6) is 0. The van der Waals surface area contributed by atoms with Gasteiger partial charge in [-0.2, -0.15) is 13.2 Å². The van der Waals surface area contributed by atoms with E-state index in [1.807, 2.05) is 6.92 Å². The second-order valence-corrected chi connectivity index (χ2v) is 4.82. The molecule has 5 heteroatoms. The van der Waals surface area contributed by atoms with Crippen LogP contribution in [0.25, 0.3) is 0 Å². The van der Waals surface area contributed by atoms with Crippen molar-refractivity contribution in [2.24, 2.45) is 5.41 Å². The number of halogens is 3. The molecule has 2 atom stereocenters. The van der Waals surface area contributed by atoms with Crippen molar-refractivity contribution in [1.82, 2.24) is 5.32 Å². The minimum absolute atomic E-state index is 0.000532. The van der Waals surface area contributed by atoms with Gasteiger partial charge in [0.05, 0.1) is 12.6 Å². The summed E-state index contributed by atoms with van der Waals surface area (Å²) < 4.78 is 41.9. The van der Waals surface area contributed by atoms with Gasteiger partial charge in [-0.15, -0.1) is 0 Å². The van der Waals surface area contributed by atoms with E-state index in [0.717, 1.165) is 25.7 Å². The minimum atomic E-state index is -4.11. The highest BCUT2D eigenvalue weighted by Crippen LogP contribution is 2.57. The lowest BCUT2D eigenvalue weighted by atomic mass is 9.51. The first kappa shape index (κ1) is 12.2. The molecule has 16 heavy (non-hydrogen) atoms. The molecule has 2 rings (SSSR count). The highest BCUT2D eigenvalue weighted by Gasteiger charge is 2.59. The third-order valence-electron chi connectivity index (χ3n) is 3.99. The number of nitrogens with one attached hydrogen (secondary N) is 1. The fourth-order valence-electron chi connectivity index (χ4n) is 2.96. The third-order valence-corrected chi connectivity index (χ3v) is 3.99. The van der Waals surface area contributed by atoms with Gasteiger partial charge in [0, 0.05) is 18.1 Å². The highest BCUT2D eigenvalue weighted by atomic mass is 19.4. The lowest BCUT2D eigenvalue weighted by Crippen LogP contribution is -2.67. The van der Waals surface area contributed by atoms with Crippen LogP contribution in [0, 0.1) is 5.41 Å². The number of alkyl halides is 3. The summed E-state index contributed by atoms with van der Waals surface area (Å²) in [7, 11) is 0. The molecular formula is C11H18F3NO. The molecule has 2 aliphatic carbocycles. The Hall–Kier alpha value is -0.290. The summed E-state index contributed by atoms with van der Waals surface area (Å²) in [6, 6.07) is -0.000532. The molecule has 0 aliphatic heterocycles. The summed E-state index contributed by atoms with van der Waals surface area (Å²) in [5, 5.41) is 2.64. The van der Waals surface area contributed by atoms with Crippen LogP contribution >= 0.6 is 0 Å². The average molecular weight is 237 g/mol. The van der Waals surface area contributed by atoms with Crippen LogP contribution in [0.3, 0.4) is 0 Å². The Morgan fingerprint density at radius 1 is 1.38 bits per heavy atom. The van der Waals surface area contributed by atoms with E-state index in [4.69, 9.17) is 4.74 Å². The Bertz CT molecular complexity index is 250. The lowest BCUT2D eigenvalue weighted by molar-refractivity contribution is -0.185. The Balaban J connectivity index is 1.84. The van der Waals surface area contributed by atoms with Crippen LogP contribution in [0.4, 0.5) is 13.2 Å². The molecule has 2 fully saturated rings. The van der Waals surface area contributed by atoms with E-state index in [9.17, 15) is 13.2 Å². The fourth-order valence-corrected chi connectivity index (χ4v) is 2.96. The minimum Gasteiger partial charge on any atom is -0.378 e. The van der Waals surface area contributed by atoms with Crippen LogP contribution < -0.4 is 5.32 Å². The first-order chi connectivity index (χ1) is 7.48. The van der Waals surface area contributed by atoms with Crippen molar-refractivity contribution in [2.45, 2.75) is 50.9 Å². The van der Waals surface area contributed by atoms with Crippen molar-refractivity contribution >= 4 is 0 Å². The number of ether oxygens (including phenoxy) is 1. The molecule has 0 saturated heterocycles. The Morgan fingerprint density at radius 3 is 2.50 bits per heavy atom. The van der Waals surface area contributed by atoms with Crippen molar-refractivity contribution in [1.29, 1.82) is 0 Å². The normalized spacial score (nSPS) is 32.2. The van der Waals surface area contributed by atoms with Gasteiger partial charge in [-0.25, -0.2) is 0 Å². The standard InChI is InChI=1S/C11H18F3NO/c1-2-16-9-6-8(10(9)4-3-5-10)15-7-11(12,13)14/h8-9,15H,2-7H2,1H3. The molecule has 2 unspecified atom stereocenters. The van der Waals surface area contributed by atoms with Crippen LogP contribution in [-0.4, -0.2) is 31.5 Å². The molecule has 0 aromatic rings. The van der Waals surface area contributed by atoms with Crippen molar-refractivity contribution in [3.05, 3.63) is 0 Å². The Morgan fingerprint density at radius 2 is 2.06 bits per heavy atom. The molecule has 0 amide bonds. The van der Waals surface area contributed by atoms with Crippen molar-refractivity contribution in [2.75, 3.05) is 13.2 Å². The molecular weight excluding hydrogens is 219 g/mol. The largest absolute Gasteiger partial charge is 0.401 e. The van der Waals surface area contributed by atoms with Gasteiger partial charge in [-0.3, -0.25) is 0 Å². The maximum atomic E-state index is 12.1. The zero-order valence-corrected chi connectivity index (χ0v) is 9.44. The number of hydrogen-bond acceptors (Lipinski definition) is 2. The van der Waals surface area contributed by atoms with Crippen LogP contribution in [0.1, 0.15) is 32.6 Å². The molecule has 0 aromatic heterocycles. The van der Waals surface area contributed by atoms with Gasteiger partial charge >= 0.3 is 6.18 Å². The van der Waals surface area contributed by atoms with Crippen LogP contribution in [0.5, 0.6) is 0 Å². The van der Waals surface area contributed by atoms with E-state index in [1.165, 1.54) is 0 Å². The van der Waals surface area contributed by atoms with Crippen LogP contribution in [0.15, 0.2) is 0 Å². The lowest BCUT2D eigenvalue weighted by Gasteiger charge is -2.61. The molecule has 2 nitrogen and oxygen atoms in total. The fraction of sp³-hybridized carbons (Fsp3) is 1.00. The smallest absolute Gasteiger partial charge is 0.378 e. The molecule has 2 saturated carbocycles. The van der Waals surface area contributed by atoms with E-state index in [-0.39, 0.29) is 17.6 Å². The van der Waals surface area contributed by atoms with Gasteiger partial charge < -0.3 is 10.1 Å². The predicted molar refractivity (Wildman–Crippen MR) is 54.2 cm³/mol. The van der Waals surface area contributed by atoms with E-state index < -0.39 is 12.7 Å². The first-order valence-corrected chi connectivity index (χ1v) is 5.90. The van der Waals surface area contributed by atoms with E-state index >= 15 is 0 Å². The molecule has 0 radical (unpaired) electrons. The zero-order chi connectivity index (χ0) is 11.8. The molecule has 0 heterocycles. The summed E-state index contributed by atoms with van der Waals surface area (Å²) in [5.41, 5.74) is 0.0151. The molecule has 1 N–H and O–H groups in total. The molecule has 1 spiro atoms. The van der Waals surface area contributed by atoms with Crippen LogP contribution in [-0.2, 0) is 4.74 Å². The van der Waals surface area contributed by atoms with Gasteiger partial charge in [-0.1, -0.05) is 6.42 Å². The van der Waals surface area contributed by atoms with Crippen molar-refractivity contribution in [3.63, 3.8) is 0 Å².